The second-order valence-electron chi connectivity index (χ2n) is 5.81. The molecule has 0 aromatic heterocycles. The molecule has 5 rings (SSSR count). The molecule has 0 saturated heterocycles. The van der Waals surface area contributed by atoms with Crippen LogP contribution >= 0.6 is 0 Å². The lowest BCUT2D eigenvalue weighted by molar-refractivity contribution is 1.30. The Labute approximate surface area is 124 Å². The summed E-state index contributed by atoms with van der Waals surface area (Å²) in [5, 5.41) is 2.73. The summed E-state index contributed by atoms with van der Waals surface area (Å²) in [6.07, 6.45) is 7.73. The van der Waals surface area contributed by atoms with Crippen LogP contribution in [-0.2, 0) is 6.42 Å². The minimum absolute atomic E-state index is 1.02. The van der Waals surface area contributed by atoms with E-state index in [-0.39, 0.29) is 0 Å². The van der Waals surface area contributed by atoms with Crippen LogP contribution in [0.1, 0.15) is 16.7 Å². The van der Waals surface area contributed by atoms with Crippen molar-refractivity contribution in [2.75, 3.05) is 0 Å². The molecule has 21 heavy (non-hydrogen) atoms. The number of allylic oxidation sites excluding steroid dienone is 3. The molecular weight excluding hydrogens is 252 g/mol. The summed E-state index contributed by atoms with van der Waals surface area (Å²) in [6, 6.07) is 20.0. The maximum Gasteiger partial charge on any atom is -0.000750 e. The SMILES string of the molecule is C1=Cc2cccc3c2CC(=C1)c1cccc2cccc-3c12. The topological polar surface area (TPSA) is 0 Å². The van der Waals surface area contributed by atoms with Crippen LogP contribution in [0.2, 0.25) is 0 Å². The van der Waals surface area contributed by atoms with Crippen LogP contribution in [0.5, 0.6) is 0 Å². The first kappa shape index (κ1) is 11.1. The smallest absolute Gasteiger partial charge is 0.000750 e. The molecule has 0 heteroatoms. The van der Waals surface area contributed by atoms with Gasteiger partial charge in [-0.2, -0.15) is 0 Å². The number of rotatable bonds is 0. The van der Waals surface area contributed by atoms with Gasteiger partial charge in [-0.3, -0.25) is 0 Å². The summed E-state index contributed by atoms with van der Waals surface area (Å²) in [4.78, 5) is 0. The van der Waals surface area contributed by atoms with E-state index in [2.05, 4.69) is 72.8 Å². The fraction of sp³-hybridized carbons (Fsp3) is 0.0476. The van der Waals surface area contributed by atoms with E-state index in [9.17, 15) is 0 Å². The first-order valence-electron chi connectivity index (χ1n) is 7.43. The molecule has 2 aliphatic rings. The molecule has 0 atom stereocenters. The Hall–Kier alpha value is -2.60. The summed E-state index contributed by atoms with van der Waals surface area (Å²) >= 11 is 0. The number of benzene rings is 3. The molecule has 0 spiro atoms. The second kappa shape index (κ2) is 3.95. The van der Waals surface area contributed by atoms with Gasteiger partial charge in [0.2, 0.25) is 0 Å². The van der Waals surface area contributed by atoms with Gasteiger partial charge in [-0.25, -0.2) is 0 Å². The average Bonchev–Trinajstić information content (AvgIpc) is 2.82. The minimum atomic E-state index is 1.02. The molecule has 0 heterocycles. The molecule has 0 N–H and O–H groups in total. The van der Waals surface area contributed by atoms with Crippen LogP contribution < -0.4 is 0 Å². The maximum absolute atomic E-state index is 2.28. The quantitative estimate of drug-likeness (QED) is 0.506. The maximum atomic E-state index is 2.28. The Kier molecular flexibility index (Phi) is 2.09. The Bertz CT molecular complexity index is 950. The molecule has 3 aromatic carbocycles. The first-order valence-corrected chi connectivity index (χ1v) is 7.43. The summed E-state index contributed by atoms with van der Waals surface area (Å²) < 4.78 is 0. The van der Waals surface area contributed by atoms with Gasteiger partial charge in [-0.1, -0.05) is 72.8 Å². The first-order chi connectivity index (χ1) is 10.4. The van der Waals surface area contributed by atoms with Gasteiger partial charge in [0.15, 0.2) is 0 Å². The predicted octanol–water partition coefficient (Wildman–Crippen LogP) is 5.47. The lowest BCUT2D eigenvalue weighted by atomic mass is 9.92. The molecule has 0 fully saturated rings. The zero-order valence-corrected chi connectivity index (χ0v) is 11.6. The van der Waals surface area contributed by atoms with Gasteiger partial charge in [0.25, 0.3) is 0 Å². The molecule has 0 nitrogen and oxygen atoms in total. The minimum Gasteiger partial charge on any atom is -0.0614 e. The van der Waals surface area contributed by atoms with Crippen molar-refractivity contribution in [1.29, 1.82) is 0 Å². The third-order valence-corrected chi connectivity index (χ3v) is 4.69. The molecular formula is C21H14. The summed E-state index contributed by atoms with van der Waals surface area (Å²) in [6.45, 7) is 0. The Balaban J connectivity index is 2.07. The highest BCUT2D eigenvalue weighted by atomic mass is 14.2. The Morgan fingerprint density at radius 1 is 0.714 bits per heavy atom. The third-order valence-electron chi connectivity index (χ3n) is 4.69. The molecule has 0 radical (unpaired) electrons. The molecule has 0 aliphatic heterocycles. The second-order valence-corrected chi connectivity index (χ2v) is 5.81. The van der Waals surface area contributed by atoms with Gasteiger partial charge in [0, 0.05) is 0 Å². The van der Waals surface area contributed by atoms with E-state index in [1.807, 2.05) is 0 Å². The highest BCUT2D eigenvalue weighted by Gasteiger charge is 2.21. The molecule has 98 valence electrons. The van der Waals surface area contributed by atoms with Gasteiger partial charge in [0.1, 0.15) is 0 Å². The van der Waals surface area contributed by atoms with Crippen molar-refractivity contribution in [3.63, 3.8) is 0 Å². The normalized spacial score (nSPS) is 14.6. The van der Waals surface area contributed by atoms with Crippen LogP contribution in [-0.4, -0.2) is 0 Å². The van der Waals surface area contributed by atoms with E-state index in [1.165, 1.54) is 44.2 Å². The van der Waals surface area contributed by atoms with Gasteiger partial charge >= 0.3 is 0 Å². The molecule has 0 unspecified atom stereocenters. The number of hydrogen-bond donors (Lipinski definition) is 0. The molecule has 2 bridgehead atoms. The highest BCUT2D eigenvalue weighted by molar-refractivity contribution is 6.07. The van der Waals surface area contributed by atoms with Gasteiger partial charge in [-0.15, -0.1) is 0 Å². The van der Waals surface area contributed by atoms with E-state index in [0.29, 0.717) is 0 Å². The van der Waals surface area contributed by atoms with Crippen molar-refractivity contribution in [3.8, 4) is 11.1 Å². The van der Waals surface area contributed by atoms with E-state index in [0.717, 1.165) is 6.42 Å². The van der Waals surface area contributed by atoms with Gasteiger partial charge in [0.05, 0.1) is 0 Å². The zero-order valence-electron chi connectivity index (χ0n) is 11.6. The summed E-state index contributed by atoms with van der Waals surface area (Å²) in [5.74, 6) is 0. The van der Waals surface area contributed by atoms with Crippen LogP contribution in [0, 0.1) is 0 Å². The number of hydrogen-bond acceptors (Lipinski definition) is 0. The monoisotopic (exact) mass is 266 g/mol. The van der Waals surface area contributed by atoms with Crippen LogP contribution in [0.4, 0.5) is 0 Å². The van der Waals surface area contributed by atoms with E-state index < -0.39 is 0 Å². The fourth-order valence-electron chi connectivity index (χ4n) is 3.75. The predicted molar refractivity (Wildman–Crippen MR) is 90.1 cm³/mol. The molecule has 0 saturated carbocycles. The third kappa shape index (κ3) is 1.45. The summed E-state index contributed by atoms with van der Waals surface area (Å²) in [7, 11) is 0. The van der Waals surface area contributed by atoms with E-state index in [4.69, 9.17) is 0 Å². The number of fused-ring (bicyclic) bond motifs is 3. The van der Waals surface area contributed by atoms with E-state index in [1.54, 1.807) is 0 Å². The molecule has 2 aliphatic carbocycles. The van der Waals surface area contributed by atoms with Crippen molar-refractivity contribution < 1.29 is 0 Å². The Morgan fingerprint density at radius 3 is 2.38 bits per heavy atom. The lowest BCUT2D eigenvalue weighted by Gasteiger charge is -2.11. The Morgan fingerprint density at radius 2 is 1.48 bits per heavy atom. The zero-order chi connectivity index (χ0) is 13.8. The van der Waals surface area contributed by atoms with Crippen LogP contribution in [0.3, 0.4) is 0 Å². The van der Waals surface area contributed by atoms with Crippen molar-refractivity contribution in [2.24, 2.45) is 0 Å². The largest absolute Gasteiger partial charge is 0.0614 e. The average molecular weight is 266 g/mol. The van der Waals surface area contributed by atoms with Crippen LogP contribution in [0.25, 0.3) is 33.5 Å². The van der Waals surface area contributed by atoms with Crippen molar-refractivity contribution in [2.45, 2.75) is 6.42 Å². The van der Waals surface area contributed by atoms with Crippen LogP contribution in [0.15, 0.2) is 66.7 Å². The summed E-state index contributed by atoms with van der Waals surface area (Å²) in [5.41, 5.74) is 8.38. The molecule has 3 aromatic rings. The van der Waals surface area contributed by atoms with Gasteiger partial charge < -0.3 is 0 Å². The lowest BCUT2D eigenvalue weighted by Crippen LogP contribution is -1.92. The van der Waals surface area contributed by atoms with Crippen molar-refractivity contribution in [1.82, 2.24) is 0 Å². The standard InChI is InChI=1S/C21H14/c1-5-14-6-2-11-18-19-12-4-8-15-7-3-10-17(21(15)19)16(9-1)13-20(14)18/h1-12H,13H2. The van der Waals surface area contributed by atoms with Gasteiger partial charge in [-0.05, 0) is 50.6 Å². The van der Waals surface area contributed by atoms with Crippen molar-refractivity contribution >= 4 is 22.4 Å². The fourth-order valence-corrected chi connectivity index (χ4v) is 3.75. The highest BCUT2D eigenvalue weighted by Crippen LogP contribution is 2.43. The van der Waals surface area contributed by atoms with E-state index >= 15 is 0 Å². The molecule has 0 amide bonds. The van der Waals surface area contributed by atoms with Crippen molar-refractivity contribution in [3.05, 3.63) is 83.4 Å².